The highest BCUT2D eigenvalue weighted by atomic mass is 16.5. The third-order valence-corrected chi connectivity index (χ3v) is 6.76. The second-order valence-electron chi connectivity index (χ2n) is 10.9. The number of benzene rings is 1. The first-order valence-corrected chi connectivity index (χ1v) is 12.7. The zero-order chi connectivity index (χ0) is 25.9. The summed E-state index contributed by atoms with van der Waals surface area (Å²) in [5.74, 6) is 0. The Bertz CT molecular complexity index is 1180. The quantitative estimate of drug-likeness (QED) is 0.598. The van der Waals surface area contributed by atoms with Crippen LogP contribution >= 0.6 is 0 Å². The Morgan fingerprint density at radius 2 is 2.00 bits per heavy atom. The zero-order valence-corrected chi connectivity index (χ0v) is 22.2. The van der Waals surface area contributed by atoms with E-state index in [0.717, 1.165) is 71.8 Å². The molecule has 1 unspecified atom stereocenters. The molecule has 1 saturated heterocycles. The molecule has 1 aromatic heterocycles. The number of aryl methyl sites for hydroxylation is 2. The number of nitrogens with zero attached hydrogens (tertiary/aromatic N) is 3. The Balaban J connectivity index is 1.62. The first-order valence-electron chi connectivity index (χ1n) is 12.7. The molecule has 0 saturated carbocycles. The molecular weight excluding hydrogens is 450 g/mol. The molecule has 36 heavy (non-hydrogen) atoms. The lowest BCUT2D eigenvalue weighted by atomic mass is 9.84. The highest BCUT2D eigenvalue weighted by molar-refractivity contribution is 5.96. The van der Waals surface area contributed by atoms with Gasteiger partial charge in [-0.2, -0.15) is 5.10 Å². The molecule has 2 aromatic rings. The van der Waals surface area contributed by atoms with E-state index in [4.69, 9.17) is 4.74 Å². The summed E-state index contributed by atoms with van der Waals surface area (Å²) in [6, 6.07) is 5.96. The van der Waals surface area contributed by atoms with E-state index in [0.29, 0.717) is 6.54 Å². The van der Waals surface area contributed by atoms with Crippen LogP contribution < -0.4 is 10.6 Å². The van der Waals surface area contributed by atoms with Crippen LogP contribution in [0, 0.1) is 12.3 Å². The number of carbonyl (C=O) groups is 1. The fourth-order valence-electron chi connectivity index (χ4n) is 4.64. The predicted octanol–water partition coefficient (Wildman–Crippen LogP) is 5.02. The molecule has 0 spiro atoms. The van der Waals surface area contributed by atoms with E-state index in [1.807, 2.05) is 30.2 Å². The zero-order valence-electron chi connectivity index (χ0n) is 22.2. The number of carbonyl (C=O) groups excluding carboxylic acids is 1. The lowest BCUT2D eigenvalue weighted by Gasteiger charge is -2.37. The number of ether oxygens (including phenoxy) is 1. The van der Waals surface area contributed by atoms with E-state index in [1.165, 1.54) is 0 Å². The van der Waals surface area contributed by atoms with Crippen molar-refractivity contribution in [3.63, 3.8) is 0 Å². The van der Waals surface area contributed by atoms with Crippen molar-refractivity contribution in [1.29, 1.82) is 0 Å². The maximum absolute atomic E-state index is 12.5. The van der Waals surface area contributed by atoms with Crippen molar-refractivity contribution < 1.29 is 9.53 Å². The van der Waals surface area contributed by atoms with Gasteiger partial charge in [-0.25, -0.2) is 4.79 Å². The SMILES string of the molecule is C=C1C(c2cnn(C)c2)=CC(c2cc(NC(=O)NCCC(C)(C)C)ccc2C)=CC1N1CCOCC1. The van der Waals surface area contributed by atoms with E-state index >= 15 is 0 Å². The van der Waals surface area contributed by atoms with Gasteiger partial charge in [0, 0.05) is 44.1 Å². The molecule has 0 bridgehead atoms. The molecule has 1 atom stereocenters. The van der Waals surface area contributed by atoms with Crippen molar-refractivity contribution in [2.24, 2.45) is 12.5 Å². The molecule has 1 aromatic carbocycles. The van der Waals surface area contributed by atoms with E-state index < -0.39 is 0 Å². The molecule has 2 heterocycles. The first kappa shape index (κ1) is 25.9. The number of rotatable bonds is 6. The largest absolute Gasteiger partial charge is 0.379 e. The van der Waals surface area contributed by atoms with Gasteiger partial charge in [-0.3, -0.25) is 9.58 Å². The summed E-state index contributed by atoms with van der Waals surface area (Å²) in [5, 5.41) is 10.4. The van der Waals surface area contributed by atoms with Gasteiger partial charge in [0.25, 0.3) is 0 Å². The molecule has 7 nitrogen and oxygen atoms in total. The van der Waals surface area contributed by atoms with Gasteiger partial charge in [0.1, 0.15) is 0 Å². The van der Waals surface area contributed by atoms with Gasteiger partial charge in [0.15, 0.2) is 0 Å². The minimum absolute atomic E-state index is 0.0702. The standard InChI is InChI=1S/C29H39N5O2/c1-20-7-8-24(32-28(35)30-10-9-29(3,4)5)17-25(20)22-15-26(23-18-31-33(6)19-23)21(2)27(16-22)34-11-13-36-14-12-34/h7-8,15-19,27H,2,9-14H2,1,3-6H3,(H2,30,32,35). The third kappa shape index (κ3) is 6.33. The average Bonchev–Trinajstić information content (AvgIpc) is 3.26. The summed E-state index contributed by atoms with van der Waals surface area (Å²) >= 11 is 0. The highest BCUT2D eigenvalue weighted by Crippen LogP contribution is 2.38. The minimum Gasteiger partial charge on any atom is -0.379 e. The summed E-state index contributed by atoms with van der Waals surface area (Å²) < 4.78 is 7.42. The molecule has 2 aliphatic rings. The van der Waals surface area contributed by atoms with Crippen LogP contribution in [-0.4, -0.2) is 59.6 Å². The summed E-state index contributed by atoms with van der Waals surface area (Å²) in [6.45, 7) is 16.9. The van der Waals surface area contributed by atoms with Gasteiger partial charge in [0.2, 0.25) is 0 Å². The number of morpholine rings is 1. The monoisotopic (exact) mass is 489 g/mol. The normalized spacial score (nSPS) is 19.0. The van der Waals surface area contributed by atoms with Crippen molar-refractivity contribution in [3.8, 4) is 0 Å². The summed E-state index contributed by atoms with van der Waals surface area (Å²) in [5.41, 5.74) is 7.52. The van der Waals surface area contributed by atoms with Crippen molar-refractivity contribution in [2.75, 3.05) is 38.2 Å². The van der Waals surface area contributed by atoms with Gasteiger partial charge in [-0.15, -0.1) is 0 Å². The molecule has 1 fully saturated rings. The molecule has 192 valence electrons. The minimum atomic E-state index is -0.183. The maximum atomic E-state index is 12.5. The Morgan fingerprint density at radius 3 is 2.67 bits per heavy atom. The molecule has 4 rings (SSSR count). The van der Waals surface area contributed by atoms with Crippen molar-refractivity contribution in [3.05, 3.63) is 71.6 Å². The number of hydrogen-bond donors (Lipinski definition) is 2. The summed E-state index contributed by atoms with van der Waals surface area (Å²) in [6.07, 6.45) is 9.34. The van der Waals surface area contributed by atoms with E-state index in [-0.39, 0.29) is 17.5 Å². The van der Waals surface area contributed by atoms with Crippen LogP contribution in [0.5, 0.6) is 0 Å². The number of aromatic nitrogens is 2. The third-order valence-electron chi connectivity index (χ3n) is 6.76. The highest BCUT2D eigenvalue weighted by Gasteiger charge is 2.28. The summed E-state index contributed by atoms with van der Waals surface area (Å²) in [7, 11) is 1.93. The Morgan fingerprint density at radius 1 is 1.25 bits per heavy atom. The number of amides is 2. The van der Waals surface area contributed by atoms with Crippen LogP contribution in [0.2, 0.25) is 0 Å². The van der Waals surface area contributed by atoms with E-state index in [9.17, 15) is 4.79 Å². The average molecular weight is 490 g/mol. The second-order valence-corrected chi connectivity index (χ2v) is 10.9. The van der Waals surface area contributed by atoms with E-state index in [1.54, 1.807) is 0 Å². The lowest BCUT2D eigenvalue weighted by Crippen LogP contribution is -2.44. The Hall–Kier alpha value is -3.16. The van der Waals surface area contributed by atoms with Crippen LogP contribution in [0.25, 0.3) is 11.1 Å². The fraction of sp³-hybridized carbons (Fsp3) is 0.448. The first-order chi connectivity index (χ1) is 17.1. The molecular formula is C29H39N5O2. The van der Waals surface area contributed by atoms with Gasteiger partial charge >= 0.3 is 6.03 Å². The van der Waals surface area contributed by atoms with Gasteiger partial charge in [-0.1, -0.05) is 39.5 Å². The topological polar surface area (TPSA) is 71.4 Å². The predicted molar refractivity (Wildman–Crippen MR) is 147 cm³/mol. The Kier molecular flexibility index (Phi) is 7.81. The molecule has 0 radical (unpaired) electrons. The van der Waals surface area contributed by atoms with E-state index in [2.05, 4.69) is 79.2 Å². The molecule has 7 heteroatoms. The number of anilines is 1. The Labute approximate surface area is 214 Å². The second kappa shape index (κ2) is 10.8. The number of allylic oxidation sites excluding steroid dienone is 2. The van der Waals surface area contributed by atoms with Crippen LogP contribution in [0.1, 0.15) is 43.9 Å². The fourth-order valence-corrected chi connectivity index (χ4v) is 4.64. The van der Waals surface area contributed by atoms with Gasteiger partial charge in [-0.05, 0) is 64.8 Å². The van der Waals surface area contributed by atoms with Crippen LogP contribution in [0.3, 0.4) is 0 Å². The van der Waals surface area contributed by atoms with Gasteiger partial charge < -0.3 is 15.4 Å². The molecule has 2 amide bonds. The lowest BCUT2D eigenvalue weighted by molar-refractivity contribution is 0.0320. The molecule has 1 aliphatic heterocycles. The van der Waals surface area contributed by atoms with Crippen molar-refractivity contribution in [1.82, 2.24) is 20.0 Å². The summed E-state index contributed by atoms with van der Waals surface area (Å²) in [4.78, 5) is 14.9. The maximum Gasteiger partial charge on any atom is 0.319 e. The van der Waals surface area contributed by atoms with Crippen LogP contribution in [-0.2, 0) is 11.8 Å². The number of urea groups is 1. The smallest absolute Gasteiger partial charge is 0.319 e. The molecule has 2 N–H and O–H groups in total. The van der Waals surface area contributed by atoms with Crippen molar-refractivity contribution >= 4 is 22.9 Å². The van der Waals surface area contributed by atoms with Crippen LogP contribution in [0.4, 0.5) is 10.5 Å². The number of nitrogens with one attached hydrogen (secondary N) is 2. The molecule has 1 aliphatic carbocycles. The van der Waals surface area contributed by atoms with Crippen molar-refractivity contribution in [2.45, 2.75) is 40.2 Å². The van der Waals surface area contributed by atoms with Gasteiger partial charge in [0.05, 0.1) is 25.5 Å². The van der Waals surface area contributed by atoms with Crippen LogP contribution in [0.15, 0.2) is 54.9 Å². The number of hydrogen-bond acceptors (Lipinski definition) is 4.